The Kier molecular flexibility index (Phi) is 4.39. The van der Waals surface area contributed by atoms with E-state index in [9.17, 15) is 4.79 Å². The van der Waals surface area contributed by atoms with Gasteiger partial charge >= 0.3 is 0 Å². The number of amides is 1. The summed E-state index contributed by atoms with van der Waals surface area (Å²) in [5.41, 5.74) is 4.14. The summed E-state index contributed by atoms with van der Waals surface area (Å²) >= 11 is 0. The first kappa shape index (κ1) is 16.9. The van der Waals surface area contributed by atoms with Crippen LogP contribution in [0.25, 0.3) is 5.69 Å². The van der Waals surface area contributed by atoms with Crippen LogP contribution in [0, 0.1) is 19.3 Å². The van der Waals surface area contributed by atoms with Crippen LogP contribution in [0.4, 0.5) is 5.82 Å². The van der Waals surface area contributed by atoms with E-state index in [1.54, 1.807) is 4.68 Å². The summed E-state index contributed by atoms with van der Waals surface area (Å²) < 4.78 is 7.21. The van der Waals surface area contributed by atoms with Gasteiger partial charge in [-0.1, -0.05) is 35.7 Å². The van der Waals surface area contributed by atoms with Crippen molar-refractivity contribution in [2.75, 3.05) is 11.9 Å². The van der Waals surface area contributed by atoms with Gasteiger partial charge in [0.05, 0.1) is 11.9 Å². The van der Waals surface area contributed by atoms with Crippen LogP contribution in [0.3, 0.4) is 0 Å². The Morgan fingerprint density at radius 3 is 2.67 bits per heavy atom. The van der Waals surface area contributed by atoms with Crippen molar-refractivity contribution in [1.82, 2.24) is 9.78 Å². The van der Waals surface area contributed by atoms with Gasteiger partial charge in [0.15, 0.2) is 0 Å². The molecule has 0 fully saturated rings. The van der Waals surface area contributed by atoms with Gasteiger partial charge in [0, 0.05) is 17.9 Å². The first-order chi connectivity index (χ1) is 13.2. The molecule has 0 saturated heterocycles. The lowest BCUT2D eigenvalue weighted by Crippen LogP contribution is -2.24. The molecule has 2 aromatic carbocycles. The Morgan fingerprint density at radius 2 is 1.96 bits per heavy atom. The minimum Gasteiger partial charge on any atom is -0.481 e. The SMILES string of the molecule is C#CCOc1ccc([C@@H]2CC(=O)Nc3c2cnn3-c2ccc(C)cc2)cc1. The standard InChI is InChI=1S/C22H19N3O2/c1-3-12-27-18-10-6-16(7-11-18)19-13-21(26)24-22-20(19)14-23-25(22)17-8-4-15(2)5-9-17/h1,4-11,14,19H,12-13H2,2H3,(H,24,26)/t19-/m0/s1. The number of aryl methyl sites for hydroxylation is 1. The topological polar surface area (TPSA) is 56.1 Å². The number of anilines is 1. The van der Waals surface area contributed by atoms with Gasteiger partial charge in [0.25, 0.3) is 0 Å². The second-order valence-electron chi connectivity index (χ2n) is 6.56. The fourth-order valence-corrected chi connectivity index (χ4v) is 3.32. The zero-order chi connectivity index (χ0) is 18.8. The number of rotatable bonds is 4. The Hall–Kier alpha value is -3.52. The highest BCUT2D eigenvalue weighted by molar-refractivity contribution is 5.94. The van der Waals surface area contributed by atoms with E-state index in [0.717, 1.165) is 22.6 Å². The maximum atomic E-state index is 12.4. The lowest BCUT2D eigenvalue weighted by atomic mass is 9.87. The van der Waals surface area contributed by atoms with Crippen molar-refractivity contribution in [2.24, 2.45) is 0 Å². The maximum Gasteiger partial charge on any atom is 0.226 e. The number of nitrogens with zero attached hydrogens (tertiary/aromatic N) is 2. The molecule has 5 heteroatoms. The van der Waals surface area contributed by atoms with Crippen LogP contribution in [0.5, 0.6) is 5.75 Å². The smallest absolute Gasteiger partial charge is 0.226 e. The summed E-state index contributed by atoms with van der Waals surface area (Å²) in [5.74, 6) is 3.83. The first-order valence-electron chi connectivity index (χ1n) is 8.77. The van der Waals surface area contributed by atoms with E-state index >= 15 is 0 Å². The van der Waals surface area contributed by atoms with Crippen molar-refractivity contribution in [2.45, 2.75) is 19.3 Å². The molecule has 1 N–H and O–H groups in total. The molecule has 0 radical (unpaired) electrons. The third-order valence-corrected chi connectivity index (χ3v) is 4.70. The summed E-state index contributed by atoms with van der Waals surface area (Å²) in [6.45, 7) is 2.27. The number of hydrogen-bond donors (Lipinski definition) is 1. The highest BCUT2D eigenvalue weighted by Crippen LogP contribution is 2.38. The Morgan fingerprint density at radius 1 is 1.22 bits per heavy atom. The maximum absolute atomic E-state index is 12.4. The number of ether oxygens (including phenoxy) is 1. The van der Waals surface area contributed by atoms with Gasteiger partial charge in [-0.3, -0.25) is 4.79 Å². The molecule has 0 unspecified atom stereocenters. The van der Waals surface area contributed by atoms with Gasteiger partial charge < -0.3 is 10.1 Å². The largest absolute Gasteiger partial charge is 0.481 e. The Bertz CT molecular complexity index is 1010. The van der Waals surface area contributed by atoms with Crippen LogP contribution < -0.4 is 10.1 Å². The van der Waals surface area contributed by atoms with E-state index in [0.29, 0.717) is 12.2 Å². The molecule has 3 aromatic rings. The molecule has 1 aliphatic rings. The lowest BCUT2D eigenvalue weighted by molar-refractivity contribution is -0.116. The van der Waals surface area contributed by atoms with Crippen LogP contribution in [0.2, 0.25) is 0 Å². The number of carbonyl (C=O) groups is 1. The molecule has 1 amide bonds. The van der Waals surface area contributed by atoms with Crippen LogP contribution in [-0.2, 0) is 4.79 Å². The quantitative estimate of drug-likeness (QED) is 0.725. The third kappa shape index (κ3) is 3.30. The summed E-state index contributed by atoms with van der Waals surface area (Å²) in [6, 6.07) is 15.8. The van der Waals surface area contributed by atoms with Crippen molar-refractivity contribution >= 4 is 11.7 Å². The van der Waals surface area contributed by atoms with Crippen LogP contribution in [0.15, 0.2) is 54.7 Å². The molecule has 2 heterocycles. The van der Waals surface area contributed by atoms with E-state index in [2.05, 4.69) is 16.3 Å². The zero-order valence-corrected chi connectivity index (χ0v) is 15.0. The number of aromatic nitrogens is 2. The minimum atomic E-state index is -0.0466. The molecule has 1 aromatic heterocycles. The van der Waals surface area contributed by atoms with Crippen LogP contribution in [0.1, 0.15) is 29.0 Å². The molecule has 4 rings (SSSR count). The van der Waals surface area contributed by atoms with E-state index in [4.69, 9.17) is 11.2 Å². The molecular weight excluding hydrogens is 338 g/mol. The predicted octanol–water partition coefficient (Wildman–Crippen LogP) is 3.67. The molecule has 0 aliphatic carbocycles. The normalized spacial score (nSPS) is 15.6. The van der Waals surface area contributed by atoms with Gasteiger partial charge in [0.1, 0.15) is 18.2 Å². The van der Waals surface area contributed by atoms with Gasteiger partial charge in [-0.15, -0.1) is 6.42 Å². The van der Waals surface area contributed by atoms with E-state index < -0.39 is 0 Å². The van der Waals surface area contributed by atoms with Gasteiger partial charge in [-0.05, 0) is 36.8 Å². The number of terminal acetylenes is 1. The van der Waals surface area contributed by atoms with Crippen LogP contribution >= 0.6 is 0 Å². The van der Waals surface area contributed by atoms with Crippen molar-refractivity contribution in [3.63, 3.8) is 0 Å². The second kappa shape index (κ2) is 7.00. The van der Waals surface area contributed by atoms with Crippen molar-refractivity contribution < 1.29 is 9.53 Å². The van der Waals surface area contributed by atoms with Gasteiger partial charge in [-0.25, -0.2) is 4.68 Å². The van der Waals surface area contributed by atoms with E-state index in [1.165, 1.54) is 5.56 Å². The average molecular weight is 357 g/mol. The molecule has 1 aliphatic heterocycles. The molecular formula is C22H19N3O2. The van der Waals surface area contributed by atoms with Crippen molar-refractivity contribution in [3.05, 3.63) is 71.4 Å². The summed E-state index contributed by atoms with van der Waals surface area (Å²) in [7, 11) is 0. The average Bonchev–Trinajstić information content (AvgIpc) is 3.10. The molecule has 27 heavy (non-hydrogen) atoms. The summed E-state index contributed by atoms with van der Waals surface area (Å²) in [4.78, 5) is 12.4. The first-order valence-corrected chi connectivity index (χ1v) is 8.77. The minimum absolute atomic E-state index is 0.0194. The van der Waals surface area contributed by atoms with Crippen molar-refractivity contribution in [1.29, 1.82) is 0 Å². The molecule has 134 valence electrons. The number of fused-ring (bicyclic) bond motifs is 1. The highest BCUT2D eigenvalue weighted by Gasteiger charge is 2.30. The molecule has 5 nitrogen and oxygen atoms in total. The monoisotopic (exact) mass is 357 g/mol. The fourth-order valence-electron chi connectivity index (χ4n) is 3.32. The van der Waals surface area contributed by atoms with Gasteiger partial charge in [-0.2, -0.15) is 5.10 Å². The zero-order valence-electron chi connectivity index (χ0n) is 15.0. The predicted molar refractivity (Wildman–Crippen MR) is 104 cm³/mol. The molecule has 0 saturated carbocycles. The van der Waals surface area contributed by atoms with E-state index in [1.807, 2.05) is 61.7 Å². The molecule has 0 spiro atoms. The van der Waals surface area contributed by atoms with Crippen molar-refractivity contribution in [3.8, 4) is 23.8 Å². The van der Waals surface area contributed by atoms with E-state index in [-0.39, 0.29) is 18.4 Å². The Labute approximate surface area is 158 Å². The highest BCUT2D eigenvalue weighted by atomic mass is 16.5. The second-order valence-corrected chi connectivity index (χ2v) is 6.56. The summed E-state index contributed by atoms with van der Waals surface area (Å²) in [5, 5.41) is 7.50. The lowest BCUT2D eigenvalue weighted by Gasteiger charge is -2.24. The van der Waals surface area contributed by atoms with Gasteiger partial charge in [0.2, 0.25) is 5.91 Å². The number of nitrogens with one attached hydrogen (secondary N) is 1. The number of benzene rings is 2. The Balaban J connectivity index is 1.69. The fraction of sp³-hybridized carbons (Fsp3) is 0.182. The third-order valence-electron chi connectivity index (χ3n) is 4.70. The number of hydrogen-bond acceptors (Lipinski definition) is 3. The molecule has 0 bridgehead atoms. The summed E-state index contributed by atoms with van der Waals surface area (Å²) in [6.07, 6.45) is 7.44. The molecule has 1 atom stereocenters. The van der Waals surface area contributed by atoms with Crippen LogP contribution in [-0.4, -0.2) is 22.3 Å². The number of carbonyl (C=O) groups excluding carboxylic acids is 1.